The monoisotopic (exact) mass is 520 g/mol. The van der Waals surface area contributed by atoms with Gasteiger partial charge in [0.15, 0.2) is 0 Å². The number of ether oxygens (including phenoxy) is 1. The van der Waals surface area contributed by atoms with Gasteiger partial charge in [-0.2, -0.15) is 0 Å². The highest BCUT2D eigenvalue weighted by molar-refractivity contribution is 8.02. The Morgan fingerprint density at radius 1 is 1.28 bits per heavy atom. The van der Waals surface area contributed by atoms with Crippen LogP contribution in [0.15, 0.2) is 25.3 Å². The van der Waals surface area contributed by atoms with Crippen molar-refractivity contribution < 1.29 is 24.2 Å². The molecule has 2 bridgehead atoms. The van der Waals surface area contributed by atoms with Crippen LogP contribution in [0.3, 0.4) is 0 Å². The SMILES string of the molecule is C=CCCCOC(=O)[C@@H]1[C@H]2C(=O)N([C@@H](CO)C(C)C)C(C(=O)N(CC=C)CCCC)C23CC[C@@]1(C)S3. The van der Waals surface area contributed by atoms with E-state index in [0.717, 1.165) is 25.7 Å². The van der Waals surface area contributed by atoms with E-state index < -0.39 is 33.4 Å². The van der Waals surface area contributed by atoms with Gasteiger partial charge in [0.05, 0.1) is 35.8 Å². The van der Waals surface area contributed by atoms with Gasteiger partial charge in [-0.25, -0.2) is 0 Å². The summed E-state index contributed by atoms with van der Waals surface area (Å²) in [5.74, 6) is -1.93. The molecule has 0 aliphatic carbocycles. The van der Waals surface area contributed by atoms with Crippen molar-refractivity contribution in [2.24, 2.45) is 17.8 Å². The molecule has 1 N–H and O–H groups in total. The van der Waals surface area contributed by atoms with E-state index in [1.807, 2.05) is 20.8 Å². The molecule has 3 rings (SSSR count). The minimum absolute atomic E-state index is 0.0462. The van der Waals surface area contributed by atoms with Gasteiger partial charge < -0.3 is 19.6 Å². The highest BCUT2D eigenvalue weighted by atomic mass is 32.2. The minimum atomic E-state index is -0.725. The number of carbonyl (C=O) groups excluding carboxylic acids is 3. The number of nitrogens with zero attached hydrogens (tertiary/aromatic N) is 2. The second-order valence-electron chi connectivity index (χ2n) is 11.0. The van der Waals surface area contributed by atoms with Gasteiger partial charge >= 0.3 is 5.97 Å². The van der Waals surface area contributed by atoms with Gasteiger partial charge in [0.1, 0.15) is 6.04 Å². The maximum atomic E-state index is 14.3. The molecular weight excluding hydrogens is 476 g/mol. The summed E-state index contributed by atoms with van der Waals surface area (Å²) in [6, 6.07) is -1.23. The molecule has 3 heterocycles. The number of hydrogen-bond acceptors (Lipinski definition) is 6. The fraction of sp³-hybridized carbons (Fsp3) is 0.750. The van der Waals surface area contributed by atoms with Gasteiger partial charge in [-0.05, 0) is 44.9 Å². The van der Waals surface area contributed by atoms with Crippen LogP contribution in [0.1, 0.15) is 66.2 Å². The molecule has 202 valence electrons. The van der Waals surface area contributed by atoms with Gasteiger partial charge in [-0.3, -0.25) is 14.4 Å². The van der Waals surface area contributed by atoms with Gasteiger partial charge in [0, 0.05) is 17.8 Å². The molecule has 2 amide bonds. The summed E-state index contributed by atoms with van der Waals surface area (Å²) >= 11 is 1.64. The number of carbonyl (C=O) groups is 3. The molecule has 3 saturated heterocycles. The Labute approximate surface area is 220 Å². The third kappa shape index (κ3) is 4.87. The maximum Gasteiger partial charge on any atom is 0.311 e. The number of esters is 1. The van der Waals surface area contributed by atoms with Gasteiger partial charge in [-0.15, -0.1) is 24.9 Å². The van der Waals surface area contributed by atoms with Crippen LogP contribution in [0.4, 0.5) is 0 Å². The van der Waals surface area contributed by atoms with Crippen LogP contribution in [0, 0.1) is 17.8 Å². The lowest BCUT2D eigenvalue weighted by Gasteiger charge is -2.40. The van der Waals surface area contributed by atoms with Crippen molar-refractivity contribution in [1.82, 2.24) is 9.80 Å². The predicted octanol–water partition coefficient (Wildman–Crippen LogP) is 3.81. The van der Waals surface area contributed by atoms with Crippen molar-refractivity contribution in [2.45, 2.75) is 87.8 Å². The van der Waals surface area contributed by atoms with Crippen LogP contribution in [0.2, 0.25) is 0 Å². The zero-order valence-electron chi connectivity index (χ0n) is 22.4. The molecule has 3 aliphatic rings. The Bertz CT molecular complexity index is 863. The molecule has 0 aromatic carbocycles. The largest absolute Gasteiger partial charge is 0.465 e. The predicted molar refractivity (Wildman–Crippen MR) is 143 cm³/mol. The number of hydrogen-bond donors (Lipinski definition) is 1. The summed E-state index contributed by atoms with van der Waals surface area (Å²) in [6.45, 7) is 16.6. The van der Waals surface area contributed by atoms with Crippen molar-refractivity contribution in [3.63, 3.8) is 0 Å². The zero-order chi connectivity index (χ0) is 26.7. The molecular formula is C28H44N2O5S. The van der Waals surface area contributed by atoms with E-state index in [-0.39, 0.29) is 36.9 Å². The molecule has 0 saturated carbocycles. The molecule has 6 atom stereocenters. The number of amides is 2. The van der Waals surface area contributed by atoms with Gasteiger partial charge in [0.2, 0.25) is 11.8 Å². The first-order valence-corrected chi connectivity index (χ1v) is 14.3. The fourth-order valence-corrected chi connectivity index (χ4v) is 8.76. The summed E-state index contributed by atoms with van der Waals surface area (Å²) in [6.07, 6.45) is 8.19. The average molecular weight is 521 g/mol. The van der Waals surface area contributed by atoms with Crippen molar-refractivity contribution >= 4 is 29.5 Å². The van der Waals surface area contributed by atoms with E-state index in [1.54, 1.807) is 33.7 Å². The topological polar surface area (TPSA) is 87.1 Å². The molecule has 36 heavy (non-hydrogen) atoms. The molecule has 7 nitrogen and oxygen atoms in total. The second-order valence-corrected chi connectivity index (χ2v) is 12.9. The number of likely N-dealkylation sites (tertiary alicyclic amines) is 1. The number of thioether (sulfide) groups is 1. The van der Waals surface area contributed by atoms with E-state index in [9.17, 15) is 19.5 Å². The van der Waals surface area contributed by atoms with Crippen molar-refractivity contribution in [1.29, 1.82) is 0 Å². The normalized spacial score (nSPS) is 31.4. The first-order chi connectivity index (χ1) is 17.1. The Morgan fingerprint density at radius 2 is 2.00 bits per heavy atom. The van der Waals surface area contributed by atoms with Crippen LogP contribution >= 0.6 is 11.8 Å². The zero-order valence-corrected chi connectivity index (χ0v) is 23.2. The van der Waals surface area contributed by atoms with E-state index in [1.165, 1.54) is 0 Å². The van der Waals surface area contributed by atoms with Crippen molar-refractivity contribution in [3.05, 3.63) is 25.3 Å². The molecule has 0 aromatic rings. The molecule has 8 heteroatoms. The number of aliphatic hydroxyl groups is 1. The van der Waals surface area contributed by atoms with Crippen molar-refractivity contribution in [3.8, 4) is 0 Å². The van der Waals surface area contributed by atoms with Crippen molar-refractivity contribution in [2.75, 3.05) is 26.3 Å². The number of aliphatic hydroxyl groups excluding tert-OH is 1. The standard InChI is InChI=1S/C28H44N2O5S/c1-7-10-12-17-35-26(34)22-21-24(32)30(20(18-31)19(4)5)23(28(21)14-13-27(22,6)36-28)25(33)29(15-9-3)16-11-8-2/h7,9,19-23,31H,1,3,8,10-18H2,2,4-6H3/t20-,21-,22-,23?,27+,28?/m0/s1. The Balaban J connectivity index is 2.04. The summed E-state index contributed by atoms with van der Waals surface area (Å²) in [5.41, 5.74) is 0. The number of fused-ring (bicyclic) bond motifs is 1. The first kappa shape index (κ1) is 28.8. The Kier molecular flexibility index (Phi) is 9.36. The van der Waals surface area contributed by atoms with Crippen LogP contribution in [-0.2, 0) is 19.1 Å². The van der Waals surface area contributed by atoms with Crippen LogP contribution in [0.5, 0.6) is 0 Å². The number of unbranched alkanes of at least 4 members (excludes halogenated alkanes) is 2. The maximum absolute atomic E-state index is 14.3. The quantitative estimate of drug-likeness (QED) is 0.213. The van der Waals surface area contributed by atoms with Crippen LogP contribution < -0.4 is 0 Å². The summed E-state index contributed by atoms with van der Waals surface area (Å²) < 4.78 is 4.51. The summed E-state index contributed by atoms with van der Waals surface area (Å²) in [5, 5.41) is 10.3. The number of rotatable bonds is 14. The first-order valence-electron chi connectivity index (χ1n) is 13.4. The van der Waals surface area contributed by atoms with Crippen LogP contribution in [0.25, 0.3) is 0 Å². The molecule has 1 spiro atoms. The van der Waals surface area contributed by atoms with Crippen LogP contribution in [-0.4, -0.2) is 80.6 Å². The van der Waals surface area contributed by atoms with E-state index in [2.05, 4.69) is 20.1 Å². The molecule has 3 aliphatic heterocycles. The fourth-order valence-electron chi connectivity index (χ4n) is 6.44. The van der Waals surface area contributed by atoms with Gasteiger partial charge in [-0.1, -0.05) is 39.3 Å². The molecule has 0 aromatic heterocycles. The lowest BCUT2D eigenvalue weighted by Crippen LogP contribution is -2.58. The minimum Gasteiger partial charge on any atom is -0.465 e. The smallest absolute Gasteiger partial charge is 0.311 e. The third-order valence-corrected chi connectivity index (χ3v) is 10.2. The number of allylic oxidation sites excluding steroid dienone is 1. The molecule has 0 radical (unpaired) electrons. The highest BCUT2D eigenvalue weighted by Gasteiger charge is 2.78. The summed E-state index contributed by atoms with van der Waals surface area (Å²) in [4.78, 5) is 45.3. The highest BCUT2D eigenvalue weighted by Crippen LogP contribution is 2.71. The lowest BCUT2D eigenvalue weighted by atomic mass is 9.66. The Hall–Kier alpha value is -1.80. The Morgan fingerprint density at radius 3 is 2.58 bits per heavy atom. The van der Waals surface area contributed by atoms with E-state index in [4.69, 9.17) is 4.74 Å². The van der Waals surface area contributed by atoms with Gasteiger partial charge in [0.25, 0.3) is 0 Å². The van der Waals surface area contributed by atoms with E-state index >= 15 is 0 Å². The second kappa shape index (κ2) is 11.7. The van der Waals surface area contributed by atoms with E-state index in [0.29, 0.717) is 25.9 Å². The lowest BCUT2D eigenvalue weighted by molar-refractivity contribution is -0.156. The average Bonchev–Trinajstić information content (AvgIpc) is 3.40. The summed E-state index contributed by atoms with van der Waals surface area (Å²) in [7, 11) is 0. The third-order valence-electron chi connectivity index (χ3n) is 8.26. The molecule has 3 fully saturated rings. The molecule has 2 unspecified atom stereocenters.